The molecule has 0 bridgehead atoms. The first-order valence-corrected chi connectivity index (χ1v) is 6.84. The topological polar surface area (TPSA) is 54.5 Å². The van der Waals surface area contributed by atoms with Gasteiger partial charge in [-0.25, -0.2) is 4.90 Å². The standard InChI is InChI=1S/C18H13NO3/c1-12-2-4-13(5-3-12)18(22)14-6-8-15(9-7-14)19-16(20)10-11-17(19)21/h2-11H,1H3. The van der Waals surface area contributed by atoms with Gasteiger partial charge >= 0.3 is 0 Å². The molecule has 0 saturated heterocycles. The van der Waals surface area contributed by atoms with E-state index in [2.05, 4.69) is 0 Å². The second kappa shape index (κ2) is 5.41. The molecule has 0 aliphatic carbocycles. The minimum atomic E-state index is -0.373. The molecule has 0 aromatic heterocycles. The van der Waals surface area contributed by atoms with Crippen LogP contribution in [0.1, 0.15) is 21.5 Å². The Hall–Kier alpha value is -3.01. The van der Waals surface area contributed by atoms with Crippen LogP contribution in [-0.4, -0.2) is 17.6 Å². The van der Waals surface area contributed by atoms with E-state index >= 15 is 0 Å². The van der Waals surface area contributed by atoms with Gasteiger partial charge in [0.2, 0.25) is 0 Å². The lowest BCUT2D eigenvalue weighted by molar-refractivity contribution is -0.119. The van der Waals surface area contributed by atoms with Gasteiger partial charge in [0.25, 0.3) is 11.8 Å². The van der Waals surface area contributed by atoms with E-state index in [1.165, 1.54) is 12.2 Å². The van der Waals surface area contributed by atoms with Crippen LogP contribution >= 0.6 is 0 Å². The number of hydrogen-bond donors (Lipinski definition) is 0. The Morgan fingerprint density at radius 1 is 0.773 bits per heavy atom. The van der Waals surface area contributed by atoms with Gasteiger partial charge in [0.1, 0.15) is 0 Å². The molecule has 22 heavy (non-hydrogen) atoms. The van der Waals surface area contributed by atoms with E-state index < -0.39 is 0 Å². The summed E-state index contributed by atoms with van der Waals surface area (Å²) in [6.07, 6.45) is 2.46. The van der Waals surface area contributed by atoms with Gasteiger partial charge in [0.05, 0.1) is 5.69 Å². The van der Waals surface area contributed by atoms with Crippen molar-refractivity contribution in [2.75, 3.05) is 4.90 Å². The summed E-state index contributed by atoms with van der Waals surface area (Å²) < 4.78 is 0. The summed E-state index contributed by atoms with van der Waals surface area (Å²) in [5.41, 5.74) is 2.67. The number of aryl methyl sites for hydroxylation is 1. The van der Waals surface area contributed by atoms with Crippen molar-refractivity contribution in [3.05, 3.63) is 77.4 Å². The fraction of sp³-hybridized carbons (Fsp3) is 0.0556. The summed E-state index contributed by atoms with van der Waals surface area (Å²) >= 11 is 0. The molecule has 3 rings (SSSR count). The number of amides is 2. The van der Waals surface area contributed by atoms with E-state index in [-0.39, 0.29) is 17.6 Å². The smallest absolute Gasteiger partial charge is 0.258 e. The first kappa shape index (κ1) is 13.9. The van der Waals surface area contributed by atoms with Gasteiger partial charge < -0.3 is 0 Å². The van der Waals surface area contributed by atoms with Crippen molar-refractivity contribution in [2.45, 2.75) is 6.92 Å². The van der Waals surface area contributed by atoms with Crippen LogP contribution < -0.4 is 4.90 Å². The third-order valence-corrected chi connectivity index (χ3v) is 3.51. The van der Waals surface area contributed by atoms with Gasteiger partial charge in [-0.1, -0.05) is 29.8 Å². The first-order valence-electron chi connectivity index (χ1n) is 6.84. The molecule has 108 valence electrons. The maximum atomic E-state index is 12.4. The van der Waals surface area contributed by atoms with E-state index in [4.69, 9.17) is 0 Å². The third-order valence-electron chi connectivity index (χ3n) is 3.51. The lowest BCUT2D eigenvalue weighted by Crippen LogP contribution is -2.29. The van der Waals surface area contributed by atoms with Crippen LogP contribution in [0.25, 0.3) is 0 Å². The second-order valence-electron chi connectivity index (χ2n) is 5.09. The molecule has 1 aliphatic heterocycles. The van der Waals surface area contributed by atoms with Crippen molar-refractivity contribution in [3.8, 4) is 0 Å². The summed E-state index contributed by atoms with van der Waals surface area (Å²) in [5, 5.41) is 0. The van der Waals surface area contributed by atoms with Crippen LogP contribution in [0.2, 0.25) is 0 Å². The molecule has 0 saturated carbocycles. The molecule has 1 aliphatic rings. The molecule has 0 fully saturated rings. The zero-order valence-corrected chi connectivity index (χ0v) is 11.9. The van der Waals surface area contributed by atoms with E-state index in [0.717, 1.165) is 10.5 Å². The summed E-state index contributed by atoms with van der Waals surface area (Å²) in [6.45, 7) is 1.96. The molecule has 0 N–H and O–H groups in total. The first-order chi connectivity index (χ1) is 10.6. The van der Waals surface area contributed by atoms with Gasteiger partial charge in [-0.3, -0.25) is 14.4 Å². The number of imide groups is 1. The minimum Gasteiger partial charge on any atom is -0.289 e. The number of anilines is 1. The predicted octanol–water partition coefficient (Wildman–Crippen LogP) is 2.66. The molecule has 0 spiro atoms. The molecular formula is C18H13NO3. The molecule has 0 radical (unpaired) electrons. The Morgan fingerprint density at radius 2 is 1.23 bits per heavy atom. The minimum absolute atomic E-state index is 0.0937. The highest BCUT2D eigenvalue weighted by molar-refractivity contribution is 6.28. The average molecular weight is 291 g/mol. The van der Waals surface area contributed by atoms with Crippen LogP contribution in [0.4, 0.5) is 5.69 Å². The third kappa shape index (κ3) is 2.46. The Labute approximate surface area is 127 Å². The van der Waals surface area contributed by atoms with Crippen molar-refractivity contribution >= 4 is 23.3 Å². The number of hydrogen-bond acceptors (Lipinski definition) is 3. The molecule has 2 aromatic rings. The van der Waals surface area contributed by atoms with Crippen molar-refractivity contribution in [1.82, 2.24) is 0 Å². The van der Waals surface area contributed by atoms with Crippen LogP contribution in [-0.2, 0) is 9.59 Å². The number of carbonyl (C=O) groups is 3. The average Bonchev–Trinajstić information content (AvgIpc) is 2.86. The fourth-order valence-corrected chi connectivity index (χ4v) is 2.29. The highest BCUT2D eigenvalue weighted by Gasteiger charge is 2.25. The number of carbonyl (C=O) groups excluding carboxylic acids is 3. The molecule has 2 aromatic carbocycles. The number of nitrogens with zero attached hydrogens (tertiary/aromatic N) is 1. The van der Waals surface area contributed by atoms with Crippen LogP contribution in [0.3, 0.4) is 0 Å². The van der Waals surface area contributed by atoms with Crippen molar-refractivity contribution in [3.63, 3.8) is 0 Å². The quantitative estimate of drug-likeness (QED) is 0.645. The zero-order chi connectivity index (χ0) is 15.7. The lowest BCUT2D eigenvalue weighted by Gasteiger charge is -2.14. The normalized spacial score (nSPS) is 13.8. The monoisotopic (exact) mass is 291 g/mol. The Bertz CT molecular complexity index is 768. The molecule has 4 nitrogen and oxygen atoms in total. The van der Waals surface area contributed by atoms with Crippen molar-refractivity contribution < 1.29 is 14.4 Å². The summed E-state index contributed by atoms with van der Waals surface area (Å²) in [4.78, 5) is 36.6. The fourth-order valence-electron chi connectivity index (χ4n) is 2.29. The summed E-state index contributed by atoms with van der Waals surface area (Å²) in [5.74, 6) is -0.839. The second-order valence-corrected chi connectivity index (χ2v) is 5.09. The largest absolute Gasteiger partial charge is 0.289 e. The molecule has 0 atom stereocenters. The van der Waals surface area contributed by atoms with E-state index in [1.807, 2.05) is 19.1 Å². The van der Waals surface area contributed by atoms with Crippen LogP contribution in [0.5, 0.6) is 0 Å². The van der Waals surface area contributed by atoms with Crippen molar-refractivity contribution in [2.24, 2.45) is 0 Å². The highest BCUT2D eigenvalue weighted by atomic mass is 16.2. The van der Waals surface area contributed by atoms with Gasteiger partial charge in [0, 0.05) is 23.3 Å². The van der Waals surface area contributed by atoms with Crippen LogP contribution in [0.15, 0.2) is 60.7 Å². The predicted molar refractivity (Wildman–Crippen MR) is 82.7 cm³/mol. The lowest BCUT2D eigenvalue weighted by atomic mass is 10.0. The molecular weight excluding hydrogens is 278 g/mol. The van der Waals surface area contributed by atoms with Gasteiger partial charge in [-0.2, -0.15) is 0 Å². The number of ketones is 1. The molecule has 1 heterocycles. The molecule has 2 amide bonds. The van der Waals surface area contributed by atoms with E-state index in [1.54, 1.807) is 36.4 Å². The molecule has 4 heteroatoms. The molecule has 0 unspecified atom stereocenters. The Morgan fingerprint density at radius 3 is 1.73 bits per heavy atom. The van der Waals surface area contributed by atoms with Gasteiger partial charge in [0.15, 0.2) is 5.78 Å². The van der Waals surface area contributed by atoms with E-state index in [9.17, 15) is 14.4 Å². The van der Waals surface area contributed by atoms with Gasteiger partial charge in [-0.05, 0) is 31.2 Å². The summed E-state index contributed by atoms with van der Waals surface area (Å²) in [7, 11) is 0. The Kier molecular flexibility index (Phi) is 3.43. The number of rotatable bonds is 3. The maximum absolute atomic E-state index is 12.4. The SMILES string of the molecule is Cc1ccc(C(=O)c2ccc(N3C(=O)C=CC3=O)cc2)cc1. The highest BCUT2D eigenvalue weighted by Crippen LogP contribution is 2.20. The zero-order valence-electron chi connectivity index (χ0n) is 11.9. The van der Waals surface area contributed by atoms with Crippen LogP contribution in [0, 0.1) is 6.92 Å². The van der Waals surface area contributed by atoms with Gasteiger partial charge in [-0.15, -0.1) is 0 Å². The number of benzene rings is 2. The van der Waals surface area contributed by atoms with Crippen molar-refractivity contribution in [1.29, 1.82) is 0 Å². The van der Waals surface area contributed by atoms with E-state index in [0.29, 0.717) is 16.8 Å². The summed E-state index contributed by atoms with van der Waals surface area (Å²) in [6, 6.07) is 13.8. The Balaban J connectivity index is 1.85. The maximum Gasteiger partial charge on any atom is 0.258 e.